The van der Waals surface area contributed by atoms with Gasteiger partial charge in [-0.1, -0.05) is 0 Å². The summed E-state index contributed by atoms with van der Waals surface area (Å²) in [5, 5.41) is 6.27. The molecule has 0 amide bonds. The fourth-order valence-electron chi connectivity index (χ4n) is 1.71. The largest absolute Gasteiger partial charge is 0.462 e. The molecule has 0 unspecified atom stereocenters. The van der Waals surface area contributed by atoms with Crippen molar-refractivity contribution >= 4 is 16.9 Å². The van der Waals surface area contributed by atoms with Crippen molar-refractivity contribution in [3.05, 3.63) is 38.5 Å². The molecule has 0 saturated carbocycles. The van der Waals surface area contributed by atoms with E-state index in [0.29, 0.717) is 5.39 Å². The third-order valence-corrected chi connectivity index (χ3v) is 2.52. The predicted molar refractivity (Wildman–Crippen MR) is 63.6 cm³/mol. The van der Waals surface area contributed by atoms with Crippen LogP contribution in [-0.4, -0.2) is 27.3 Å². The summed E-state index contributed by atoms with van der Waals surface area (Å²) in [6.07, 6.45) is 1.37. The molecule has 18 heavy (non-hydrogen) atoms. The number of ether oxygens (including phenoxy) is 1. The van der Waals surface area contributed by atoms with Crippen molar-refractivity contribution in [2.75, 3.05) is 6.61 Å². The summed E-state index contributed by atoms with van der Waals surface area (Å²) in [6.45, 7) is 1.82. The molecule has 2 aromatic heterocycles. The second kappa shape index (κ2) is 4.44. The molecule has 1 N–H and O–H groups in total. The standard InChI is InChI=1S/C11H11N3O4/c1-3-18-11(17)7-4-6-5-12-13-9(15)8(6)14(2)10(7)16/h4-5H,3H2,1-2H3,(H,13,15). The third kappa shape index (κ3) is 1.79. The van der Waals surface area contributed by atoms with Crippen LogP contribution in [0.4, 0.5) is 0 Å². The monoisotopic (exact) mass is 249 g/mol. The summed E-state index contributed by atoms with van der Waals surface area (Å²) in [6, 6.07) is 1.32. The summed E-state index contributed by atoms with van der Waals surface area (Å²) in [4.78, 5) is 35.1. The molecule has 2 aromatic rings. The van der Waals surface area contributed by atoms with Crippen molar-refractivity contribution in [3.8, 4) is 0 Å². The normalized spacial score (nSPS) is 10.6. The smallest absolute Gasteiger partial charge is 0.343 e. The Morgan fingerprint density at radius 1 is 1.50 bits per heavy atom. The number of aryl methyl sites for hydroxylation is 1. The number of hydrogen-bond acceptors (Lipinski definition) is 5. The van der Waals surface area contributed by atoms with Crippen molar-refractivity contribution in [2.24, 2.45) is 7.05 Å². The van der Waals surface area contributed by atoms with Crippen LogP contribution < -0.4 is 11.1 Å². The molecule has 0 saturated heterocycles. The summed E-state index contributed by atoms with van der Waals surface area (Å²) < 4.78 is 5.90. The van der Waals surface area contributed by atoms with E-state index in [2.05, 4.69) is 10.2 Å². The molecule has 0 radical (unpaired) electrons. The Morgan fingerprint density at radius 3 is 2.89 bits per heavy atom. The Hall–Kier alpha value is -2.44. The lowest BCUT2D eigenvalue weighted by molar-refractivity contribution is 0.0524. The van der Waals surface area contributed by atoms with Crippen LogP contribution in [0.25, 0.3) is 10.9 Å². The Bertz CT molecular complexity index is 729. The van der Waals surface area contributed by atoms with Gasteiger partial charge < -0.3 is 9.30 Å². The van der Waals surface area contributed by atoms with Gasteiger partial charge in [-0.05, 0) is 13.0 Å². The quantitative estimate of drug-likeness (QED) is 0.744. The lowest BCUT2D eigenvalue weighted by atomic mass is 10.2. The van der Waals surface area contributed by atoms with Gasteiger partial charge in [0.05, 0.1) is 12.8 Å². The van der Waals surface area contributed by atoms with Crippen LogP contribution in [0, 0.1) is 0 Å². The highest BCUT2D eigenvalue weighted by molar-refractivity contribution is 5.93. The van der Waals surface area contributed by atoms with Crippen LogP contribution in [0.1, 0.15) is 17.3 Å². The number of fused-ring (bicyclic) bond motifs is 1. The zero-order valence-corrected chi connectivity index (χ0v) is 9.89. The van der Waals surface area contributed by atoms with Crippen molar-refractivity contribution < 1.29 is 9.53 Å². The minimum atomic E-state index is -0.708. The van der Waals surface area contributed by atoms with Gasteiger partial charge in [0.2, 0.25) is 0 Å². The molecule has 0 aromatic carbocycles. The predicted octanol–water partition coefficient (Wildman–Crippen LogP) is -0.202. The molecule has 7 heteroatoms. The summed E-state index contributed by atoms with van der Waals surface area (Å²) in [7, 11) is 1.42. The maximum absolute atomic E-state index is 11.9. The van der Waals surface area contributed by atoms with Gasteiger partial charge in [0.25, 0.3) is 11.1 Å². The van der Waals surface area contributed by atoms with Crippen LogP contribution >= 0.6 is 0 Å². The second-order valence-corrected chi connectivity index (χ2v) is 3.65. The molecule has 0 bridgehead atoms. The Balaban J connectivity index is 2.81. The Kier molecular flexibility index (Phi) is 2.97. The maximum atomic E-state index is 11.9. The first-order chi connectivity index (χ1) is 8.56. The topological polar surface area (TPSA) is 94.0 Å². The number of rotatable bonds is 2. The van der Waals surface area contributed by atoms with Crippen molar-refractivity contribution in [3.63, 3.8) is 0 Å². The second-order valence-electron chi connectivity index (χ2n) is 3.65. The van der Waals surface area contributed by atoms with Gasteiger partial charge in [-0.3, -0.25) is 9.59 Å². The number of aromatic amines is 1. The lowest BCUT2D eigenvalue weighted by Gasteiger charge is -2.06. The zero-order chi connectivity index (χ0) is 13.3. The number of carbonyl (C=O) groups excluding carboxylic acids is 1. The van der Waals surface area contributed by atoms with Crippen LogP contribution in [0.3, 0.4) is 0 Å². The SMILES string of the molecule is CCOC(=O)c1cc2cn[nH]c(=O)c2n(C)c1=O. The Morgan fingerprint density at radius 2 is 2.22 bits per heavy atom. The number of nitrogens with one attached hydrogen (secondary N) is 1. The van der Waals surface area contributed by atoms with E-state index in [-0.39, 0.29) is 17.7 Å². The van der Waals surface area contributed by atoms with E-state index in [1.165, 1.54) is 19.3 Å². The van der Waals surface area contributed by atoms with Crippen LogP contribution in [0.15, 0.2) is 21.9 Å². The molecule has 0 aliphatic rings. The molecule has 0 aliphatic heterocycles. The number of H-pyrrole nitrogens is 1. The van der Waals surface area contributed by atoms with E-state index in [1.807, 2.05) is 0 Å². The first-order valence-corrected chi connectivity index (χ1v) is 5.30. The highest BCUT2D eigenvalue weighted by Gasteiger charge is 2.16. The number of nitrogens with zero attached hydrogens (tertiary/aromatic N) is 2. The first kappa shape index (κ1) is 12.0. The van der Waals surface area contributed by atoms with Gasteiger partial charge >= 0.3 is 5.97 Å². The average molecular weight is 249 g/mol. The van der Waals surface area contributed by atoms with E-state index in [4.69, 9.17) is 4.74 Å². The van der Waals surface area contributed by atoms with Crippen molar-refractivity contribution in [1.29, 1.82) is 0 Å². The molecule has 94 valence electrons. The molecule has 0 atom stereocenters. The van der Waals surface area contributed by atoms with Crippen LogP contribution in [-0.2, 0) is 11.8 Å². The minimum Gasteiger partial charge on any atom is -0.462 e. The van der Waals surface area contributed by atoms with Gasteiger partial charge in [-0.25, -0.2) is 9.89 Å². The van der Waals surface area contributed by atoms with Gasteiger partial charge in [0, 0.05) is 12.4 Å². The van der Waals surface area contributed by atoms with Crippen molar-refractivity contribution in [1.82, 2.24) is 14.8 Å². The van der Waals surface area contributed by atoms with Gasteiger partial charge in [-0.2, -0.15) is 5.10 Å². The van der Waals surface area contributed by atoms with Crippen LogP contribution in [0.2, 0.25) is 0 Å². The number of esters is 1. The van der Waals surface area contributed by atoms with Crippen LogP contribution in [0.5, 0.6) is 0 Å². The van der Waals surface area contributed by atoms with E-state index < -0.39 is 17.1 Å². The molecule has 0 fully saturated rings. The van der Waals surface area contributed by atoms with E-state index >= 15 is 0 Å². The van der Waals surface area contributed by atoms with Gasteiger partial charge in [0.1, 0.15) is 11.1 Å². The molecule has 7 nitrogen and oxygen atoms in total. The average Bonchev–Trinajstić information content (AvgIpc) is 2.33. The minimum absolute atomic E-state index is 0.112. The van der Waals surface area contributed by atoms with Crippen molar-refractivity contribution in [2.45, 2.75) is 6.92 Å². The number of carbonyl (C=O) groups is 1. The maximum Gasteiger partial charge on any atom is 0.343 e. The number of pyridine rings is 1. The fourth-order valence-corrected chi connectivity index (χ4v) is 1.71. The van der Waals surface area contributed by atoms with E-state index in [9.17, 15) is 14.4 Å². The zero-order valence-electron chi connectivity index (χ0n) is 9.89. The highest BCUT2D eigenvalue weighted by Crippen LogP contribution is 2.07. The number of aromatic nitrogens is 3. The Labute approximate surface area is 101 Å². The molecular formula is C11H11N3O4. The first-order valence-electron chi connectivity index (χ1n) is 5.30. The summed E-state index contributed by atoms with van der Waals surface area (Å²) in [5.41, 5.74) is -0.998. The summed E-state index contributed by atoms with van der Waals surface area (Å²) >= 11 is 0. The van der Waals surface area contributed by atoms with E-state index in [0.717, 1.165) is 4.57 Å². The lowest BCUT2D eigenvalue weighted by Crippen LogP contribution is -2.29. The fraction of sp³-hybridized carbons (Fsp3) is 0.273. The third-order valence-electron chi connectivity index (χ3n) is 2.52. The van der Waals surface area contributed by atoms with Gasteiger partial charge in [-0.15, -0.1) is 0 Å². The summed E-state index contributed by atoms with van der Waals surface area (Å²) in [5.74, 6) is -0.708. The van der Waals surface area contributed by atoms with E-state index in [1.54, 1.807) is 6.92 Å². The molecular weight excluding hydrogens is 238 g/mol. The molecule has 2 heterocycles. The number of hydrogen-bond donors (Lipinski definition) is 1. The van der Waals surface area contributed by atoms with Gasteiger partial charge in [0.15, 0.2) is 0 Å². The molecule has 0 aliphatic carbocycles. The highest BCUT2D eigenvalue weighted by atomic mass is 16.5. The molecule has 2 rings (SSSR count). The molecule has 0 spiro atoms.